The zero-order chi connectivity index (χ0) is 18.3. The molecule has 136 valence electrons. The zero-order valence-corrected chi connectivity index (χ0v) is 15.4. The van der Waals surface area contributed by atoms with Crippen molar-refractivity contribution in [2.75, 3.05) is 5.32 Å². The van der Waals surface area contributed by atoms with E-state index in [9.17, 15) is 9.90 Å². The molecule has 2 N–H and O–H groups in total. The van der Waals surface area contributed by atoms with E-state index in [1.165, 1.54) is 31.2 Å². The van der Waals surface area contributed by atoms with Crippen LogP contribution in [0.5, 0.6) is 0 Å². The second-order valence-corrected chi connectivity index (χ2v) is 8.48. The predicted octanol–water partition coefficient (Wildman–Crippen LogP) is 5.24. The Morgan fingerprint density at radius 3 is 2.62 bits per heavy atom. The topological polar surface area (TPSA) is 62.2 Å². The molecule has 2 unspecified atom stereocenters. The summed E-state index contributed by atoms with van der Waals surface area (Å²) in [4.78, 5) is 15.6. The molecular weight excluding hydrogens is 324 g/mol. The van der Waals surface area contributed by atoms with Crippen LogP contribution in [0.3, 0.4) is 0 Å². The van der Waals surface area contributed by atoms with Crippen LogP contribution in [-0.4, -0.2) is 16.1 Å². The Morgan fingerprint density at radius 1 is 1.19 bits per heavy atom. The normalized spacial score (nSPS) is 30.2. The molecule has 4 rings (SSSR count). The molecular formula is C22H26N2O2. The maximum atomic E-state index is 11.4. The van der Waals surface area contributed by atoms with Crippen LogP contribution in [0.4, 0.5) is 11.5 Å². The second-order valence-electron chi connectivity index (χ2n) is 8.48. The lowest BCUT2D eigenvalue weighted by atomic mass is 9.78. The molecule has 2 saturated carbocycles. The third-order valence-corrected chi connectivity index (χ3v) is 6.36. The van der Waals surface area contributed by atoms with E-state index in [1.807, 2.05) is 6.07 Å². The summed E-state index contributed by atoms with van der Waals surface area (Å²) in [5.41, 5.74) is 2.65. The molecule has 1 aromatic heterocycles. The summed E-state index contributed by atoms with van der Waals surface area (Å²) >= 11 is 0. The van der Waals surface area contributed by atoms with Crippen LogP contribution in [0.15, 0.2) is 42.6 Å². The molecule has 2 aliphatic rings. The Bertz CT molecular complexity index is 818. The zero-order valence-electron chi connectivity index (χ0n) is 15.4. The van der Waals surface area contributed by atoms with Crippen molar-refractivity contribution < 1.29 is 9.90 Å². The van der Waals surface area contributed by atoms with E-state index in [-0.39, 0.29) is 11.0 Å². The predicted molar refractivity (Wildman–Crippen MR) is 103 cm³/mol. The molecule has 0 saturated heterocycles. The Hall–Kier alpha value is -2.36. The van der Waals surface area contributed by atoms with Crippen molar-refractivity contribution >= 4 is 17.5 Å². The molecule has 1 heterocycles. The average molecular weight is 350 g/mol. The molecule has 0 aliphatic heterocycles. The molecule has 4 nitrogen and oxygen atoms in total. The Labute approximate surface area is 154 Å². The largest absolute Gasteiger partial charge is 0.478 e. The van der Waals surface area contributed by atoms with Crippen molar-refractivity contribution in [3.63, 3.8) is 0 Å². The molecule has 2 fully saturated rings. The van der Waals surface area contributed by atoms with Crippen molar-refractivity contribution in [2.45, 2.75) is 44.9 Å². The Morgan fingerprint density at radius 2 is 1.92 bits per heavy atom. The van der Waals surface area contributed by atoms with Gasteiger partial charge in [0, 0.05) is 11.9 Å². The first-order chi connectivity index (χ1) is 12.4. The first-order valence-electron chi connectivity index (χ1n) is 9.50. The van der Waals surface area contributed by atoms with E-state index in [1.54, 1.807) is 18.3 Å². The van der Waals surface area contributed by atoms with Crippen LogP contribution >= 0.6 is 0 Å². The molecule has 2 aromatic rings. The number of benzene rings is 1. The quantitative estimate of drug-likeness (QED) is 0.792. The van der Waals surface area contributed by atoms with E-state index in [0.717, 1.165) is 23.4 Å². The molecule has 2 atom stereocenters. The molecule has 4 heteroatoms. The SMILES string of the molecule is CC1CC2CC(C)(c3cccc(Nc4ncccc4C(=O)O)c3)CC2C1. The number of hydrogen-bond donors (Lipinski definition) is 2. The lowest BCUT2D eigenvalue weighted by Crippen LogP contribution is -2.19. The van der Waals surface area contributed by atoms with Gasteiger partial charge >= 0.3 is 5.97 Å². The van der Waals surface area contributed by atoms with E-state index in [0.29, 0.717) is 5.82 Å². The maximum Gasteiger partial charge on any atom is 0.339 e. The molecule has 0 radical (unpaired) electrons. The molecule has 2 aliphatic carbocycles. The van der Waals surface area contributed by atoms with Crippen molar-refractivity contribution in [2.24, 2.45) is 17.8 Å². The van der Waals surface area contributed by atoms with Gasteiger partial charge in [-0.05, 0) is 78.7 Å². The minimum atomic E-state index is -0.971. The number of anilines is 2. The van der Waals surface area contributed by atoms with Gasteiger partial charge in [0.25, 0.3) is 0 Å². The molecule has 26 heavy (non-hydrogen) atoms. The number of carbonyl (C=O) groups is 1. The van der Waals surface area contributed by atoms with Gasteiger partial charge < -0.3 is 10.4 Å². The Balaban J connectivity index is 1.58. The minimum Gasteiger partial charge on any atom is -0.478 e. The van der Waals surface area contributed by atoms with Crippen molar-refractivity contribution in [1.29, 1.82) is 0 Å². The summed E-state index contributed by atoms with van der Waals surface area (Å²) in [5.74, 6) is 2.02. The van der Waals surface area contributed by atoms with E-state index in [2.05, 4.69) is 42.3 Å². The van der Waals surface area contributed by atoms with Gasteiger partial charge in [0.1, 0.15) is 11.4 Å². The number of aromatic carboxylic acids is 1. The number of rotatable bonds is 4. The second kappa shape index (κ2) is 6.42. The monoisotopic (exact) mass is 350 g/mol. The van der Waals surface area contributed by atoms with E-state index >= 15 is 0 Å². The number of nitrogens with one attached hydrogen (secondary N) is 1. The number of pyridine rings is 1. The van der Waals surface area contributed by atoms with Gasteiger partial charge in [-0.1, -0.05) is 26.0 Å². The molecule has 0 amide bonds. The van der Waals surface area contributed by atoms with Gasteiger partial charge in [-0.3, -0.25) is 0 Å². The van der Waals surface area contributed by atoms with Crippen LogP contribution in [0, 0.1) is 17.8 Å². The van der Waals surface area contributed by atoms with E-state index in [4.69, 9.17) is 0 Å². The number of carboxylic acids is 1. The van der Waals surface area contributed by atoms with Crippen LogP contribution < -0.4 is 5.32 Å². The highest BCUT2D eigenvalue weighted by Crippen LogP contribution is 2.55. The van der Waals surface area contributed by atoms with Gasteiger partial charge in [-0.15, -0.1) is 0 Å². The summed E-state index contributed by atoms with van der Waals surface area (Å²) in [6.07, 6.45) is 6.87. The fraction of sp³-hybridized carbons (Fsp3) is 0.455. The number of hydrogen-bond acceptors (Lipinski definition) is 3. The number of carboxylic acid groups (broad SMARTS) is 1. The first-order valence-corrected chi connectivity index (χ1v) is 9.50. The minimum absolute atomic E-state index is 0.188. The summed E-state index contributed by atoms with van der Waals surface area (Å²) in [6.45, 7) is 4.77. The number of nitrogens with zero attached hydrogens (tertiary/aromatic N) is 1. The highest BCUT2D eigenvalue weighted by atomic mass is 16.4. The maximum absolute atomic E-state index is 11.4. The fourth-order valence-electron chi connectivity index (χ4n) is 5.28. The van der Waals surface area contributed by atoms with Gasteiger partial charge in [0.2, 0.25) is 0 Å². The summed E-state index contributed by atoms with van der Waals surface area (Å²) in [5, 5.41) is 12.5. The summed E-state index contributed by atoms with van der Waals surface area (Å²) in [7, 11) is 0. The third-order valence-electron chi connectivity index (χ3n) is 6.36. The lowest BCUT2D eigenvalue weighted by Gasteiger charge is -2.27. The van der Waals surface area contributed by atoms with Crippen LogP contribution in [-0.2, 0) is 5.41 Å². The Kier molecular flexibility index (Phi) is 4.22. The van der Waals surface area contributed by atoms with Gasteiger partial charge in [-0.2, -0.15) is 0 Å². The van der Waals surface area contributed by atoms with Gasteiger partial charge in [0.15, 0.2) is 0 Å². The standard InChI is InChI=1S/C22H26N2O2/c1-14-9-15-12-22(2,13-16(15)10-14)17-5-3-6-18(11-17)24-20-19(21(25)26)7-4-8-23-20/h3-8,11,14-16H,9-10,12-13H2,1-2H3,(H,23,24)(H,25,26). The highest BCUT2D eigenvalue weighted by molar-refractivity contribution is 5.93. The third kappa shape index (κ3) is 3.09. The molecule has 1 aromatic carbocycles. The molecule has 0 spiro atoms. The summed E-state index contributed by atoms with van der Waals surface area (Å²) in [6, 6.07) is 11.6. The number of fused-ring (bicyclic) bond motifs is 1. The van der Waals surface area contributed by atoms with Crippen LogP contribution in [0.2, 0.25) is 0 Å². The van der Waals surface area contributed by atoms with Crippen molar-refractivity contribution in [3.05, 3.63) is 53.7 Å². The van der Waals surface area contributed by atoms with Crippen molar-refractivity contribution in [1.82, 2.24) is 4.98 Å². The van der Waals surface area contributed by atoms with Gasteiger partial charge in [-0.25, -0.2) is 9.78 Å². The van der Waals surface area contributed by atoms with E-state index < -0.39 is 5.97 Å². The first kappa shape index (κ1) is 17.1. The lowest BCUT2D eigenvalue weighted by molar-refractivity contribution is 0.0697. The van der Waals surface area contributed by atoms with Crippen molar-refractivity contribution in [3.8, 4) is 0 Å². The number of aromatic nitrogens is 1. The molecule has 0 bridgehead atoms. The highest BCUT2D eigenvalue weighted by Gasteiger charge is 2.46. The average Bonchev–Trinajstić information content (AvgIpc) is 3.09. The smallest absolute Gasteiger partial charge is 0.339 e. The van der Waals surface area contributed by atoms with Crippen LogP contribution in [0.1, 0.15) is 55.5 Å². The van der Waals surface area contributed by atoms with Gasteiger partial charge in [0.05, 0.1) is 0 Å². The fourth-order valence-corrected chi connectivity index (χ4v) is 5.28. The van der Waals surface area contributed by atoms with Crippen LogP contribution in [0.25, 0.3) is 0 Å². The summed E-state index contributed by atoms with van der Waals surface area (Å²) < 4.78 is 0.